The van der Waals surface area contributed by atoms with Crippen molar-refractivity contribution in [2.24, 2.45) is 0 Å². The van der Waals surface area contributed by atoms with Gasteiger partial charge in [0.15, 0.2) is 0 Å². The van der Waals surface area contributed by atoms with Crippen molar-refractivity contribution in [1.29, 1.82) is 0 Å². The number of nitrogens with one attached hydrogen (secondary N) is 1. The van der Waals surface area contributed by atoms with Crippen LogP contribution in [0.1, 0.15) is 29.9 Å². The predicted octanol–water partition coefficient (Wildman–Crippen LogP) is 5.18. The van der Waals surface area contributed by atoms with E-state index >= 15 is 0 Å². The number of aromatic nitrogens is 1. The topological polar surface area (TPSA) is 51.2 Å². The van der Waals surface area contributed by atoms with E-state index in [0.717, 1.165) is 12.1 Å². The van der Waals surface area contributed by atoms with Gasteiger partial charge in [-0.25, -0.2) is 4.98 Å². The van der Waals surface area contributed by atoms with Crippen molar-refractivity contribution in [3.63, 3.8) is 0 Å². The molecule has 0 spiro atoms. The number of halogens is 3. The van der Waals surface area contributed by atoms with E-state index in [0.29, 0.717) is 16.7 Å². The Bertz CT molecular complexity index is 967. The van der Waals surface area contributed by atoms with Gasteiger partial charge in [-0.2, -0.15) is 13.2 Å². The van der Waals surface area contributed by atoms with Gasteiger partial charge in [0.25, 0.3) is 5.91 Å². The molecule has 27 heavy (non-hydrogen) atoms. The summed E-state index contributed by atoms with van der Waals surface area (Å²) in [4.78, 5) is 16.4. The Morgan fingerprint density at radius 2 is 1.74 bits per heavy atom. The lowest BCUT2D eigenvalue weighted by Crippen LogP contribution is -2.30. The summed E-state index contributed by atoms with van der Waals surface area (Å²) in [7, 11) is 0. The first-order valence-corrected chi connectivity index (χ1v) is 8.30. The molecule has 140 valence electrons. The first-order valence-electron chi connectivity index (χ1n) is 8.30. The summed E-state index contributed by atoms with van der Waals surface area (Å²) < 4.78 is 43.7. The van der Waals surface area contributed by atoms with Gasteiger partial charge in [-0.05, 0) is 62.4 Å². The maximum absolute atomic E-state index is 12.7. The molecule has 0 fully saturated rings. The third kappa shape index (κ3) is 4.36. The molecule has 4 nitrogen and oxygen atoms in total. The van der Waals surface area contributed by atoms with Gasteiger partial charge in [0.1, 0.15) is 17.2 Å². The van der Waals surface area contributed by atoms with E-state index in [-0.39, 0.29) is 23.4 Å². The molecule has 1 aromatic heterocycles. The molecule has 0 saturated carbocycles. The van der Waals surface area contributed by atoms with Crippen molar-refractivity contribution < 1.29 is 22.7 Å². The normalized spacial score (nSPS) is 11.6. The lowest BCUT2D eigenvalue weighted by molar-refractivity contribution is -0.137. The van der Waals surface area contributed by atoms with Crippen LogP contribution in [0, 0.1) is 0 Å². The summed E-state index contributed by atoms with van der Waals surface area (Å²) in [6.45, 7) is 3.71. The van der Waals surface area contributed by atoms with Crippen molar-refractivity contribution in [3.05, 3.63) is 65.9 Å². The second kappa shape index (κ2) is 7.26. The van der Waals surface area contributed by atoms with E-state index in [1.807, 2.05) is 13.8 Å². The number of carbonyl (C=O) groups excluding carboxylic acids is 1. The summed E-state index contributed by atoms with van der Waals surface area (Å²) in [6, 6.07) is 12.9. The number of nitrogens with zero attached hydrogens (tertiary/aromatic N) is 1. The molecule has 1 heterocycles. The zero-order chi connectivity index (χ0) is 19.6. The zero-order valence-electron chi connectivity index (χ0n) is 14.7. The standard InChI is InChI=1S/C20H17F3N2O2/c1-12(2)24-19(26)17-11-10-15-16(25-17)4-3-5-18(15)27-14-8-6-13(7-9-14)20(21,22)23/h3-12H,1-2H3,(H,24,26). The third-order valence-corrected chi connectivity index (χ3v) is 3.75. The molecule has 0 aliphatic heterocycles. The smallest absolute Gasteiger partial charge is 0.416 e. The fourth-order valence-corrected chi connectivity index (χ4v) is 2.52. The fraction of sp³-hybridized carbons (Fsp3) is 0.200. The Balaban J connectivity index is 1.88. The van der Waals surface area contributed by atoms with Crippen LogP contribution in [0.2, 0.25) is 0 Å². The molecule has 3 rings (SSSR count). The van der Waals surface area contributed by atoms with Crippen LogP contribution in [0.3, 0.4) is 0 Å². The van der Waals surface area contributed by atoms with Gasteiger partial charge in [-0.1, -0.05) is 6.07 Å². The highest BCUT2D eigenvalue weighted by Crippen LogP contribution is 2.33. The van der Waals surface area contributed by atoms with Gasteiger partial charge in [0.2, 0.25) is 0 Å². The highest BCUT2D eigenvalue weighted by atomic mass is 19.4. The van der Waals surface area contributed by atoms with Crippen LogP contribution in [0.4, 0.5) is 13.2 Å². The number of carbonyl (C=O) groups is 1. The van der Waals surface area contributed by atoms with E-state index < -0.39 is 11.7 Å². The summed E-state index contributed by atoms with van der Waals surface area (Å²) in [5.41, 5.74) is 0.0916. The largest absolute Gasteiger partial charge is 0.457 e. The molecule has 0 aliphatic carbocycles. The number of hydrogen-bond acceptors (Lipinski definition) is 3. The van der Waals surface area contributed by atoms with Crippen LogP contribution in [-0.4, -0.2) is 16.9 Å². The molecule has 0 bridgehead atoms. The molecule has 0 unspecified atom stereocenters. The van der Waals surface area contributed by atoms with Crippen molar-refractivity contribution in [3.8, 4) is 11.5 Å². The van der Waals surface area contributed by atoms with Crippen LogP contribution in [-0.2, 0) is 6.18 Å². The molecule has 1 N–H and O–H groups in total. The second-order valence-corrected chi connectivity index (χ2v) is 6.27. The number of fused-ring (bicyclic) bond motifs is 1. The third-order valence-electron chi connectivity index (χ3n) is 3.75. The minimum absolute atomic E-state index is 0.00988. The van der Waals surface area contributed by atoms with Gasteiger partial charge in [-0.3, -0.25) is 4.79 Å². The molecule has 0 aliphatic rings. The number of ether oxygens (including phenoxy) is 1. The highest BCUT2D eigenvalue weighted by Gasteiger charge is 2.30. The van der Waals surface area contributed by atoms with E-state index in [9.17, 15) is 18.0 Å². The van der Waals surface area contributed by atoms with Crippen molar-refractivity contribution >= 4 is 16.8 Å². The number of pyridine rings is 1. The van der Waals surface area contributed by atoms with E-state index in [2.05, 4.69) is 10.3 Å². The number of amides is 1. The van der Waals surface area contributed by atoms with Crippen LogP contribution in [0.5, 0.6) is 11.5 Å². The maximum atomic E-state index is 12.7. The van der Waals surface area contributed by atoms with Crippen molar-refractivity contribution in [2.75, 3.05) is 0 Å². The van der Waals surface area contributed by atoms with Crippen molar-refractivity contribution in [2.45, 2.75) is 26.1 Å². The molecular formula is C20H17F3N2O2. The molecule has 3 aromatic rings. The average molecular weight is 374 g/mol. The Kier molecular flexibility index (Phi) is 5.03. The summed E-state index contributed by atoms with van der Waals surface area (Å²) >= 11 is 0. The van der Waals surface area contributed by atoms with E-state index in [4.69, 9.17) is 4.74 Å². The van der Waals surface area contributed by atoms with Crippen molar-refractivity contribution in [1.82, 2.24) is 10.3 Å². The summed E-state index contributed by atoms with van der Waals surface area (Å²) in [5.74, 6) is 0.439. The summed E-state index contributed by atoms with van der Waals surface area (Å²) in [6.07, 6.45) is -4.39. The Morgan fingerprint density at radius 3 is 2.37 bits per heavy atom. The lowest BCUT2D eigenvalue weighted by Gasteiger charge is -2.12. The first-order chi connectivity index (χ1) is 12.7. The predicted molar refractivity (Wildman–Crippen MR) is 95.9 cm³/mol. The van der Waals surface area contributed by atoms with Gasteiger partial charge < -0.3 is 10.1 Å². The fourth-order valence-electron chi connectivity index (χ4n) is 2.52. The van der Waals surface area contributed by atoms with Crippen LogP contribution >= 0.6 is 0 Å². The maximum Gasteiger partial charge on any atom is 0.416 e. The number of benzene rings is 2. The second-order valence-electron chi connectivity index (χ2n) is 6.27. The van der Waals surface area contributed by atoms with Gasteiger partial charge in [0.05, 0.1) is 11.1 Å². The Hall–Kier alpha value is -3.09. The quantitative estimate of drug-likeness (QED) is 0.684. The molecule has 0 atom stereocenters. The Labute approximate surface area is 154 Å². The summed E-state index contributed by atoms with van der Waals surface area (Å²) in [5, 5.41) is 3.42. The molecule has 2 aromatic carbocycles. The number of alkyl halides is 3. The number of rotatable bonds is 4. The van der Waals surface area contributed by atoms with Crippen LogP contribution in [0.15, 0.2) is 54.6 Å². The lowest BCUT2D eigenvalue weighted by atomic mass is 10.1. The minimum atomic E-state index is -4.39. The van der Waals surface area contributed by atoms with Gasteiger partial charge in [-0.15, -0.1) is 0 Å². The molecule has 0 saturated heterocycles. The SMILES string of the molecule is CC(C)NC(=O)c1ccc2c(Oc3ccc(C(F)(F)F)cc3)cccc2n1. The highest BCUT2D eigenvalue weighted by molar-refractivity contribution is 5.96. The van der Waals surface area contributed by atoms with Gasteiger partial charge in [0, 0.05) is 11.4 Å². The molecule has 1 amide bonds. The van der Waals surface area contributed by atoms with E-state index in [1.54, 1.807) is 30.3 Å². The average Bonchev–Trinajstić information content (AvgIpc) is 2.60. The minimum Gasteiger partial charge on any atom is -0.457 e. The number of hydrogen-bond donors (Lipinski definition) is 1. The van der Waals surface area contributed by atoms with Crippen LogP contribution in [0.25, 0.3) is 10.9 Å². The first kappa shape index (κ1) is 18.7. The van der Waals surface area contributed by atoms with E-state index in [1.165, 1.54) is 12.1 Å². The Morgan fingerprint density at radius 1 is 1.04 bits per heavy atom. The molecule has 7 heteroatoms. The monoisotopic (exact) mass is 374 g/mol. The molecular weight excluding hydrogens is 357 g/mol. The molecule has 0 radical (unpaired) electrons. The zero-order valence-corrected chi connectivity index (χ0v) is 14.7. The van der Waals surface area contributed by atoms with Gasteiger partial charge >= 0.3 is 6.18 Å². The van der Waals surface area contributed by atoms with Crippen LogP contribution < -0.4 is 10.1 Å².